The smallest absolute Gasteiger partial charge is 0.179 e. The number of alkyl halides is 1. The third-order valence-electron chi connectivity index (χ3n) is 2.61. The first-order valence-corrected chi connectivity index (χ1v) is 5.64. The van der Waals surface area contributed by atoms with Crippen molar-refractivity contribution in [3.63, 3.8) is 0 Å². The van der Waals surface area contributed by atoms with Gasteiger partial charge in [0.25, 0.3) is 0 Å². The number of Topliss-reactive ketones (excluding diaryl/α,β-unsaturated/α-hetero) is 2. The number of aromatic amines is 1. The van der Waals surface area contributed by atoms with Crippen molar-refractivity contribution in [2.45, 2.75) is 0 Å². The normalized spacial score (nSPS) is 10.7. The predicted molar refractivity (Wildman–Crippen MR) is 66.7 cm³/mol. The highest BCUT2D eigenvalue weighted by Crippen LogP contribution is 2.21. The maximum Gasteiger partial charge on any atom is 0.179 e. The number of hydrogen-bond donors (Lipinski definition) is 2. The van der Waals surface area contributed by atoms with E-state index in [1.54, 1.807) is 24.4 Å². The summed E-state index contributed by atoms with van der Waals surface area (Å²) in [6, 6.07) is 5.10. The molecular formula is C12H11ClN2O2. The van der Waals surface area contributed by atoms with Crippen molar-refractivity contribution in [1.29, 1.82) is 0 Å². The van der Waals surface area contributed by atoms with Gasteiger partial charge in [0.15, 0.2) is 11.6 Å². The lowest BCUT2D eigenvalue weighted by atomic mass is 10.0. The van der Waals surface area contributed by atoms with Crippen LogP contribution in [0.2, 0.25) is 0 Å². The number of carbonyl (C=O) groups is 2. The Balaban J connectivity index is 2.58. The Morgan fingerprint density at radius 1 is 1.29 bits per heavy atom. The van der Waals surface area contributed by atoms with E-state index in [0.717, 1.165) is 5.52 Å². The van der Waals surface area contributed by atoms with E-state index in [9.17, 15) is 9.59 Å². The van der Waals surface area contributed by atoms with Crippen LogP contribution >= 0.6 is 11.6 Å². The fraction of sp³-hybridized carbons (Fsp3) is 0.167. The highest BCUT2D eigenvalue weighted by Gasteiger charge is 2.12. The van der Waals surface area contributed by atoms with Gasteiger partial charge < -0.3 is 10.7 Å². The number of aromatic nitrogens is 1. The van der Waals surface area contributed by atoms with Gasteiger partial charge in [-0.3, -0.25) is 9.59 Å². The van der Waals surface area contributed by atoms with Crippen LogP contribution in [0.1, 0.15) is 20.7 Å². The molecule has 2 rings (SSSR count). The van der Waals surface area contributed by atoms with Crippen LogP contribution in [0.3, 0.4) is 0 Å². The van der Waals surface area contributed by atoms with Crippen LogP contribution in [-0.4, -0.2) is 29.0 Å². The molecule has 0 spiro atoms. The molecule has 0 aliphatic rings. The van der Waals surface area contributed by atoms with E-state index in [4.69, 9.17) is 17.3 Å². The van der Waals surface area contributed by atoms with Crippen molar-refractivity contribution in [2.75, 3.05) is 12.4 Å². The average Bonchev–Trinajstić information content (AvgIpc) is 2.79. The van der Waals surface area contributed by atoms with E-state index in [1.807, 2.05) is 0 Å². The molecule has 0 amide bonds. The zero-order valence-electron chi connectivity index (χ0n) is 9.00. The largest absolute Gasteiger partial charge is 0.360 e. The maximum atomic E-state index is 11.6. The van der Waals surface area contributed by atoms with E-state index in [2.05, 4.69) is 4.98 Å². The molecule has 17 heavy (non-hydrogen) atoms. The average molecular weight is 251 g/mol. The fourth-order valence-corrected chi connectivity index (χ4v) is 1.86. The lowest BCUT2D eigenvalue weighted by Gasteiger charge is -1.99. The number of nitrogens with two attached hydrogens (primary N) is 1. The summed E-state index contributed by atoms with van der Waals surface area (Å²) in [7, 11) is 0. The molecule has 0 aliphatic heterocycles. The molecule has 1 aromatic carbocycles. The maximum absolute atomic E-state index is 11.6. The molecule has 2 aromatic rings. The lowest BCUT2D eigenvalue weighted by Crippen LogP contribution is -2.13. The molecule has 4 nitrogen and oxygen atoms in total. The second kappa shape index (κ2) is 4.69. The van der Waals surface area contributed by atoms with Crippen molar-refractivity contribution in [2.24, 2.45) is 5.73 Å². The van der Waals surface area contributed by atoms with Crippen molar-refractivity contribution in [3.05, 3.63) is 35.5 Å². The second-order valence-electron chi connectivity index (χ2n) is 3.65. The van der Waals surface area contributed by atoms with Gasteiger partial charge in [-0.05, 0) is 18.2 Å². The zero-order chi connectivity index (χ0) is 12.4. The van der Waals surface area contributed by atoms with E-state index in [1.165, 1.54) is 0 Å². The second-order valence-corrected chi connectivity index (χ2v) is 3.91. The van der Waals surface area contributed by atoms with Gasteiger partial charge in [0.2, 0.25) is 0 Å². The molecule has 1 aromatic heterocycles. The zero-order valence-corrected chi connectivity index (χ0v) is 9.75. The third kappa shape index (κ3) is 2.09. The highest BCUT2D eigenvalue weighted by atomic mass is 35.5. The molecule has 0 bridgehead atoms. The van der Waals surface area contributed by atoms with Crippen LogP contribution in [-0.2, 0) is 0 Å². The number of halogens is 1. The number of hydrogen-bond acceptors (Lipinski definition) is 3. The minimum Gasteiger partial charge on any atom is -0.360 e. The van der Waals surface area contributed by atoms with E-state index >= 15 is 0 Å². The number of carbonyl (C=O) groups excluding carboxylic acids is 2. The standard InChI is InChI=1S/C12H11ClN2O2/c13-4-11(16)9-6-15-10-2-1-7(3-8(9)10)12(17)5-14/h1-3,6,15H,4-5,14H2. The number of nitrogens with one attached hydrogen (secondary N) is 1. The molecule has 0 fully saturated rings. The summed E-state index contributed by atoms with van der Waals surface area (Å²) in [6.45, 7) is -0.0469. The summed E-state index contributed by atoms with van der Waals surface area (Å²) >= 11 is 5.52. The van der Waals surface area contributed by atoms with E-state index in [0.29, 0.717) is 16.5 Å². The Labute approximate surface area is 103 Å². The monoisotopic (exact) mass is 250 g/mol. The molecule has 0 atom stereocenters. The van der Waals surface area contributed by atoms with Crippen molar-refractivity contribution in [1.82, 2.24) is 4.98 Å². The third-order valence-corrected chi connectivity index (χ3v) is 2.85. The van der Waals surface area contributed by atoms with Crippen LogP contribution in [0, 0.1) is 0 Å². The van der Waals surface area contributed by atoms with E-state index in [-0.39, 0.29) is 24.0 Å². The molecule has 5 heteroatoms. The Bertz CT molecular complexity index is 589. The van der Waals surface area contributed by atoms with E-state index < -0.39 is 0 Å². The molecule has 0 saturated heterocycles. The number of rotatable bonds is 4. The highest BCUT2D eigenvalue weighted by molar-refractivity contribution is 6.32. The van der Waals surface area contributed by atoms with Gasteiger partial charge in [-0.25, -0.2) is 0 Å². The van der Waals surface area contributed by atoms with Gasteiger partial charge in [0, 0.05) is 28.2 Å². The van der Waals surface area contributed by atoms with Crippen LogP contribution in [0.5, 0.6) is 0 Å². The SMILES string of the molecule is NCC(=O)c1ccc2[nH]cc(C(=O)CCl)c2c1. The molecule has 0 saturated carbocycles. The summed E-state index contributed by atoms with van der Waals surface area (Å²) in [5.74, 6) is -0.408. The first-order valence-electron chi connectivity index (χ1n) is 5.11. The summed E-state index contributed by atoms with van der Waals surface area (Å²) in [5.41, 5.74) is 7.10. The lowest BCUT2D eigenvalue weighted by molar-refractivity contribution is 0.0997. The van der Waals surface area contributed by atoms with Gasteiger partial charge in [-0.1, -0.05) is 0 Å². The van der Waals surface area contributed by atoms with Crippen LogP contribution in [0.4, 0.5) is 0 Å². The van der Waals surface area contributed by atoms with Crippen molar-refractivity contribution >= 4 is 34.1 Å². The first kappa shape index (κ1) is 11.8. The molecule has 0 aliphatic carbocycles. The fourth-order valence-electron chi connectivity index (χ4n) is 1.71. The quantitative estimate of drug-likeness (QED) is 0.641. The van der Waals surface area contributed by atoms with Crippen LogP contribution < -0.4 is 5.73 Å². The van der Waals surface area contributed by atoms with Crippen LogP contribution in [0.25, 0.3) is 10.9 Å². The molecule has 0 radical (unpaired) electrons. The Morgan fingerprint density at radius 2 is 2.06 bits per heavy atom. The van der Waals surface area contributed by atoms with Gasteiger partial charge in [0.05, 0.1) is 12.4 Å². The molecule has 88 valence electrons. The Morgan fingerprint density at radius 3 is 2.71 bits per heavy atom. The minimum absolute atomic E-state index is 0.0469. The minimum atomic E-state index is -0.171. The van der Waals surface area contributed by atoms with Gasteiger partial charge in [-0.15, -0.1) is 11.6 Å². The van der Waals surface area contributed by atoms with Crippen LogP contribution in [0.15, 0.2) is 24.4 Å². The predicted octanol–water partition coefficient (Wildman–Crippen LogP) is 1.73. The molecule has 3 N–H and O–H groups in total. The number of ketones is 2. The molecular weight excluding hydrogens is 240 g/mol. The Kier molecular flexibility index (Phi) is 3.26. The summed E-state index contributed by atoms with van der Waals surface area (Å²) in [6.07, 6.45) is 1.60. The topological polar surface area (TPSA) is 76.0 Å². The van der Waals surface area contributed by atoms with Crippen molar-refractivity contribution in [3.8, 4) is 0 Å². The molecule has 1 heterocycles. The summed E-state index contributed by atoms with van der Waals surface area (Å²) in [4.78, 5) is 26.0. The molecule has 0 unspecified atom stereocenters. The summed E-state index contributed by atoms with van der Waals surface area (Å²) < 4.78 is 0. The number of H-pyrrole nitrogens is 1. The summed E-state index contributed by atoms with van der Waals surface area (Å²) in [5, 5.41) is 0.704. The number of fused-ring (bicyclic) bond motifs is 1. The van der Waals surface area contributed by atoms with Gasteiger partial charge in [0.1, 0.15) is 0 Å². The van der Waals surface area contributed by atoms with Gasteiger partial charge in [-0.2, -0.15) is 0 Å². The Hall–Kier alpha value is -1.65. The van der Waals surface area contributed by atoms with Gasteiger partial charge >= 0.3 is 0 Å². The number of benzene rings is 1. The van der Waals surface area contributed by atoms with Crippen molar-refractivity contribution < 1.29 is 9.59 Å². The first-order chi connectivity index (χ1) is 8.17.